The lowest BCUT2D eigenvalue weighted by atomic mass is 10.2. The maximum atomic E-state index is 11.9. The zero-order chi connectivity index (χ0) is 13.7. The highest BCUT2D eigenvalue weighted by Crippen LogP contribution is 2.24. The van der Waals surface area contributed by atoms with Crippen LogP contribution < -0.4 is 5.73 Å². The van der Waals surface area contributed by atoms with E-state index in [9.17, 15) is 4.21 Å². The Morgan fingerprint density at radius 2 is 2.11 bits per heavy atom. The second-order valence-corrected chi connectivity index (χ2v) is 6.43. The van der Waals surface area contributed by atoms with E-state index in [1.54, 1.807) is 0 Å². The molecule has 0 amide bonds. The van der Waals surface area contributed by atoms with Crippen LogP contribution in [0.15, 0.2) is 35.3 Å². The summed E-state index contributed by atoms with van der Waals surface area (Å²) in [5.74, 6) is 1.72. The molecule has 1 atom stereocenters. The Morgan fingerprint density at radius 3 is 2.74 bits per heavy atom. The molecule has 1 unspecified atom stereocenters. The minimum Gasteiger partial charge on any atom is -0.370 e. The van der Waals surface area contributed by atoms with E-state index in [2.05, 4.69) is 4.99 Å². The molecule has 2 N–H and O–H groups in total. The molecule has 1 saturated carbocycles. The van der Waals surface area contributed by atoms with Crippen LogP contribution in [0.4, 0.5) is 0 Å². The maximum absolute atomic E-state index is 11.9. The quantitative estimate of drug-likeness (QED) is 0.631. The first-order chi connectivity index (χ1) is 9.16. The average molecular weight is 279 g/mol. The molecule has 0 heterocycles. The molecule has 1 aromatic carbocycles. The van der Waals surface area contributed by atoms with Crippen molar-refractivity contribution in [1.82, 2.24) is 4.90 Å². The molecular weight excluding hydrogens is 258 g/mol. The van der Waals surface area contributed by atoms with Crippen molar-refractivity contribution >= 4 is 16.8 Å². The Morgan fingerprint density at radius 1 is 1.42 bits per heavy atom. The van der Waals surface area contributed by atoms with Gasteiger partial charge in [0, 0.05) is 35.4 Å². The lowest BCUT2D eigenvalue weighted by Crippen LogP contribution is -2.36. The summed E-state index contributed by atoms with van der Waals surface area (Å²) in [6.07, 6.45) is 2.40. The zero-order valence-corrected chi connectivity index (χ0v) is 12.1. The standard InChI is InChI=1S/C14H21N3OS/c1-17(13-7-8-13)14(15)16-9-10-19(18)11-12-5-3-2-4-6-12/h2-6,13H,7-11H2,1H3,(H2,15,16). The summed E-state index contributed by atoms with van der Waals surface area (Å²) in [4.78, 5) is 6.31. The molecule has 0 saturated heterocycles. The van der Waals surface area contributed by atoms with Crippen LogP contribution in [0.5, 0.6) is 0 Å². The van der Waals surface area contributed by atoms with Crippen molar-refractivity contribution in [2.24, 2.45) is 10.7 Å². The summed E-state index contributed by atoms with van der Waals surface area (Å²) in [7, 11) is 1.09. The van der Waals surface area contributed by atoms with Gasteiger partial charge in [-0.05, 0) is 18.4 Å². The normalized spacial score (nSPS) is 17.2. The molecule has 0 spiro atoms. The summed E-state index contributed by atoms with van der Waals surface area (Å²) in [6.45, 7) is 0.530. The molecule has 104 valence electrons. The maximum Gasteiger partial charge on any atom is 0.191 e. The molecular formula is C14H21N3OS. The predicted octanol–water partition coefficient (Wildman–Crippen LogP) is 1.34. The fraction of sp³-hybridized carbons (Fsp3) is 0.500. The number of benzene rings is 1. The number of aliphatic imine (C=N–C) groups is 1. The van der Waals surface area contributed by atoms with Gasteiger partial charge in [0.15, 0.2) is 5.96 Å². The first kappa shape index (κ1) is 14.1. The van der Waals surface area contributed by atoms with Gasteiger partial charge in [-0.15, -0.1) is 0 Å². The third-order valence-corrected chi connectivity index (χ3v) is 4.51. The average Bonchev–Trinajstić information content (AvgIpc) is 3.23. The molecule has 0 radical (unpaired) electrons. The van der Waals surface area contributed by atoms with Gasteiger partial charge in [-0.1, -0.05) is 30.3 Å². The van der Waals surface area contributed by atoms with Gasteiger partial charge < -0.3 is 10.6 Å². The van der Waals surface area contributed by atoms with Crippen LogP contribution in [0.2, 0.25) is 0 Å². The fourth-order valence-electron chi connectivity index (χ4n) is 1.85. The van der Waals surface area contributed by atoms with Crippen LogP contribution in [-0.2, 0) is 16.6 Å². The Bertz CT molecular complexity index is 457. The first-order valence-electron chi connectivity index (χ1n) is 6.58. The van der Waals surface area contributed by atoms with Crippen LogP contribution in [0.25, 0.3) is 0 Å². The van der Waals surface area contributed by atoms with Crippen molar-refractivity contribution in [2.75, 3.05) is 19.3 Å². The Balaban J connectivity index is 1.73. The van der Waals surface area contributed by atoms with Crippen LogP contribution >= 0.6 is 0 Å². The van der Waals surface area contributed by atoms with E-state index < -0.39 is 10.8 Å². The summed E-state index contributed by atoms with van der Waals surface area (Å²) in [5, 5.41) is 0. The van der Waals surface area contributed by atoms with Gasteiger partial charge >= 0.3 is 0 Å². The first-order valence-corrected chi connectivity index (χ1v) is 8.07. The summed E-state index contributed by atoms with van der Waals surface area (Å²) in [5.41, 5.74) is 6.98. The molecule has 1 aliphatic carbocycles. The molecule has 1 fully saturated rings. The third-order valence-electron chi connectivity index (χ3n) is 3.22. The van der Waals surface area contributed by atoms with E-state index >= 15 is 0 Å². The molecule has 0 aromatic heterocycles. The van der Waals surface area contributed by atoms with Gasteiger partial charge in [-0.3, -0.25) is 9.20 Å². The van der Waals surface area contributed by atoms with Gasteiger partial charge in [0.1, 0.15) is 0 Å². The highest BCUT2D eigenvalue weighted by Gasteiger charge is 2.27. The van der Waals surface area contributed by atoms with Gasteiger partial charge in [0.05, 0.1) is 6.54 Å². The fourth-order valence-corrected chi connectivity index (χ4v) is 2.86. The Hall–Kier alpha value is -1.36. The van der Waals surface area contributed by atoms with Gasteiger partial charge in [0.2, 0.25) is 0 Å². The molecule has 4 nitrogen and oxygen atoms in total. The molecule has 19 heavy (non-hydrogen) atoms. The van der Waals surface area contributed by atoms with E-state index in [4.69, 9.17) is 5.73 Å². The highest BCUT2D eigenvalue weighted by molar-refractivity contribution is 7.84. The van der Waals surface area contributed by atoms with E-state index in [0.29, 0.717) is 30.1 Å². The Kier molecular flexibility index (Phi) is 4.96. The summed E-state index contributed by atoms with van der Waals surface area (Å²) in [6, 6.07) is 10.5. The number of nitrogens with zero attached hydrogens (tertiary/aromatic N) is 2. The molecule has 2 rings (SSSR count). The van der Waals surface area contributed by atoms with E-state index in [1.165, 1.54) is 12.8 Å². The van der Waals surface area contributed by atoms with Crippen molar-refractivity contribution in [1.29, 1.82) is 0 Å². The number of nitrogens with two attached hydrogens (primary N) is 1. The van der Waals surface area contributed by atoms with Crippen molar-refractivity contribution < 1.29 is 4.21 Å². The number of hydrogen-bond acceptors (Lipinski definition) is 2. The second kappa shape index (κ2) is 6.70. The van der Waals surface area contributed by atoms with E-state index in [0.717, 1.165) is 5.56 Å². The topological polar surface area (TPSA) is 58.7 Å². The minimum atomic E-state index is -0.877. The van der Waals surface area contributed by atoms with E-state index in [-0.39, 0.29) is 0 Å². The molecule has 5 heteroatoms. The molecule has 1 aliphatic rings. The number of hydrogen-bond donors (Lipinski definition) is 1. The smallest absolute Gasteiger partial charge is 0.191 e. The second-order valence-electron chi connectivity index (χ2n) is 4.86. The van der Waals surface area contributed by atoms with Crippen molar-refractivity contribution in [3.8, 4) is 0 Å². The monoisotopic (exact) mass is 279 g/mol. The predicted molar refractivity (Wildman–Crippen MR) is 80.4 cm³/mol. The van der Waals surface area contributed by atoms with Crippen LogP contribution in [0.1, 0.15) is 18.4 Å². The number of guanidine groups is 1. The van der Waals surface area contributed by atoms with E-state index in [1.807, 2.05) is 42.3 Å². The minimum absolute atomic E-state index is 0.530. The highest BCUT2D eigenvalue weighted by atomic mass is 32.2. The third kappa shape index (κ3) is 4.67. The van der Waals surface area contributed by atoms with Gasteiger partial charge in [-0.25, -0.2) is 0 Å². The van der Waals surface area contributed by atoms with Crippen LogP contribution in [-0.4, -0.2) is 40.5 Å². The molecule has 0 bridgehead atoms. The lowest BCUT2D eigenvalue weighted by molar-refractivity contribution is 0.488. The van der Waals surface area contributed by atoms with Crippen molar-refractivity contribution in [3.63, 3.8) is 0 Å². The largest absolute Gasteiger partial charge is 0.370 e. The van der Waals surface area contributed by atoms with Crippen LogP contribution in [0.3, 0.4) is 0 Å². The van der Waals surface area contributed by atoms with Crippen molar-refractivity contribution in [3.05, 3.63) is 35.9 Å². The van der Waals surface area contributed by atoms with Crippen LogP contribution in [0, 0.1) is 0 Å². The van der Waals surface area contributed by atoms with Crippen molar-refractivity contribution in [2.45, 2.75) is 24.6 Å². The SMILES string of the molecule is CN(C(N)=NCCS(=O)Cc1ccccc1)C1CC1. The molecule has 0 aliphatic heterocycles. The zero-order valence-electron chi connectivity index (χ0n) is 11.3. The Labute approximate surface area is 117 Å². The van der Waals surface area contributed by atoms with Gasteiger partial charge in [-0.2, -0.15) is 0 Å². The lowest BCUT2D eigenvalue weighted by Gasteiger charge is -2.16. The van der Waals surface area contributed by atoms with Gasteiger partial charge in [0.25, 0.3) is 0 Å². The number of rotatable bonds is 6. The summed E-state index contributed by atoms with van der Waals surface area (Å²) >= 11 is 0. The molecule has 1 aromatic rings. The summed E-state index contributed by atoms with van der Waals surface area (Å²) < 4.78 is 11.9.